The molecule has 0 aliphatic heterocycles. The molecule has 2 nitrogen and oxygen atoms in total. The van der Waals surface area contributed by atoms with Crippen molar-refractivity contribution in [2.24, 2.45) is 47.3 Å². The first-order valence-electron chi connectivity index (χ1n) is 7.46. The Hall–Kier alpha value is -0.790. The summed E-state index contributed by atoms with van der Waals surface area (Å²) in [4.78, 5) is 11.6. The highest BCUT2D eigenvalue weighted by Crippen LogP contribution is 2.69. The number of carbonyl (C=O) groups excluding carboxylic acids is 1. The number of carbonyl (C=O) groups is 1. The summed E-state index contributed by atoms with van der Waals surface area (Å²) in [6.07, 6.45) is 8.39. The highest BCUT2D eigenvalue weighted by molar-refractivity contribution is 5.69. The van der Waals surface area contributed by atoms with E-state index in [9.17, 15) is 4.79 Å². The van der Waals surface area contributed by atoms with Gasteiger partial charge in [-0.3, -0.25) is 4.79 Å². The summed E-state index contributed by atoms with van der Waals surface area (Å²) in [6.45, 7) is 2.38. The lowest BCUT2D eigenvalue weighted by Gasteiger charge is -2.40. The highest BCUT2D eigenvalue weighted by atomic mass is 16.5. The van der Waals surface area contributed by atoms with E-state index < -0.39 is 0 Å². The minimum absolute atomic E-state index is 0.00496. The maximum absolute atomic E-state index is 11.6. The van der Waals surface area contributed by atoms with Crippen molar-refractivity contribution in [3.63, 3.8) is 0 Å². The Morgan fingerprint density at radius 2 is 1.83 bits per heavy atom. The molecule has 4 aliphatic rings. The van der Waals surface area contributed by atoms with E-state index in [2.05, 4.69) is 19.1 Å². The molecule has 4 rings (SSSR count). The van der Waals surface area contributed by atoms with Gasteiger partial charge in [0.2, 0.25) is 0 Å². The molecule has 0 radical (unpaired) electrons. The Morgan fingerprint density at radius 1 is 1.17 bits per heavy atom. The Kier molecular flexibility index (Phi) is 2.22. The summed E-state index contributed by atoms with van der Waals surface area (Å²) in [5, 5.41) is 0. The van der Waals surface area contributed by atoms with Gasteiger partial charge in [-0.05, 0) is 60.2 Å². The predicted octanol–water partition coefficient (Wildman–Crippen LogP) is 2.89. The van der Waals surface area contributed by atoms with Crippen molar-refractivity contribution in [3.8, 4) is 0 Å². The second-order valence-corrected chi connectivity index (χ2v) is 6.97. The van der Waals surface area contributed by atoms with Crippen LogP contribution in [-0.2, 0) is 9.53 Å². The molecule has 0 heterocycles. The van der Waals surface area contributed by atoms with E-state index in [-0.39, 0.29) is 5.97 Å². The zero-order chi connectivity index (χ0) is 12.4. The number of hydrogen-bond donors (Lipinski definition) is 0. The molecule has 0 saturated heterocycles. The van der Waals surface area contributed by atoms with Gasteiger partial charge in [0.25, 0.3) is 0 Å². The van der Waals surface area contributed by atoms with Crippen LogP contribution in [0.25, 0.3) is 0 Å². The number of rotatable bonds is 2. The van der Waals surface area contributed by atoms with Crippen LogP contribution in [0.3, 0.4) is 0 Å². The molecule has 8 atom stereocenters. The molecular weight excluding hydrogens is 224 g/mol. The minimum atomic E-state index is -0.00496. The van der Waals surface area contributed by atoms with Crippen LogP contribution in [-0.4, -0.2) is 13.1 Å². The lowest BCUT2D eigenvalue weighted by Crippen LogP contribution is -2.36. The van der Waals surface area contributed by atoms with E-state index in [0.29, 0.717) is 12.3 Å². The van der Waals surface area contributed by atoms with Gasteiger partial charge in [-0.25, -0.2) is 0 Å². The Morgan fingerprint density at radius 3 is 2.50 bits per heavy atom. The van der Waals surface area contributed by atoms with E-state index in [0.717, 1.165) is 41.4 Å². The molecule has 18 heavy (non-hydrogen) atoms. The fourth-order valence-corrected chi connectivity index (χ4v) is 6.08. The average Bonchev–Trinajstić information content (AvgIpc) is 3.08. The van der Waals surface area contributed by atoms with Crippen LogP contribution >= 0.6 is 0 Å². The number of allylic oxidation sites excluding steroid dienone is 2. The normalized spacial score (nSPS) is 55.0. The molecule has 2 heteroatoms. The van der Waals surface area contributed by atoms with E-state index >= 15 is 0 Å². The van der Waals surface area contributed by atoms with Crippen LogP contribution in [0.5, 0.6) is 0 Å². The van der Waals surface area contributed by atoms with Crippen molar-refractivity contribution in [1.82, 2.24) is 0 Å². The van der Waals surface area contributed by atoms with Crippen LogP contribution in [0.15, 0.2) is 12.2 Å². The minimum Gasteiger partial charge on any atom is -0.469 e. The van der Waals surface area contributed by atoms with Gasteiger partial charge >= 0.3 is 5.97 Å². The molecule has 0 aromatic rings. The zero-order valence-corrected chi connectivity index (χ0v) is 11.2. The molecule has 0 N–H and O–H groups in total. The first kappa shape index (κ1) is 11.1. The summed E-state index contributed by atoms with van der Waals surface area (Å²) in [5.74, 6) is 6.56. The number of ether oxygens (including phenoxy) is 1. The van der Waals surface area contributed by atoms with Crippen molar-refractivity contribution < 1.29 is 9.53 Å². The Balaban J connectivity index is 1.60. The van der Waals surface area contributed by atoms with E-state index in [1.54, 1.807) is 0 Å². The Labute approximate surface area is 109 Å². The molecule has 0 aromatic carbocycles. The first-order valence-corrected chi connectivity index (χ1v) is 7.46. The monoisotopic (exact) mass is 246 g/mol. The lowest BCUT2D eigenvalue weighted by molar-refractivity contribution is -0.143. The number of esters is 1. The van der Waals surface area contributed by atoms with Gasteiger partial charge in [-0.15, -0.1) is 0 Å². The topological polar surface area (TPSA) is 26.3 Å². The van der Waals surface area contributed by atoms with Crippen LogP contribution in [0.2, 0.25) is 0 Å². The van der Waals surface area contributed by atoms with Gasteiger partial charge < -0.3 is 4.74 Å². The van der Waals surface area contributed by atoms with Gasteiger partial charge in [-0.2, -0.15) is 0 Å². The summed E-state index contributed by atoms with van der Waals surface area (Å²) >= 11 is 0. The van der Waals surface area contributed by atoms with Gasteiger partial charge in [-0.1, -0.05) is 19.1 Å². The summed E-state index contributed by atoms with van der Waals surface area (Å²) in [6, 6.07) is 0. The molecule has 8 unspecified atom stereocenters. The van der Waals surface area contributed by atoms with Gasteiger partial charge in [0.05, 0.1) is 7.11 Å². The largest absolute Gasteiger partial charge is 0.469 e. The fourth-order valence-electron chi connectivity index (χ4n) is 6.08. The summed E-state index contributed by atoms with van der Waals surface area (Å²) in [7, 11) is 1.52. The maximum atomic E-state index is 11.6. The van der Waals surface area contributed by atoms with Crippen LogP contribution in [0, 0.1) is 47.3 Å². The van der Waals surface area contributed by atoms with Crippen molar-refractivity contribution in [2.45, 2.75) is 26.2 Å². The third-order valence-electron chi connectivity index (χ3n) is 6.65. The molecule has 0 spiro atoms. The molecule has 0 amide bonds. The van der Waals surface area contributed by atoms with E-state index in [4.69, 9.17) is 4.74 Å². The molecule has 4 bridgehead atoms. The molecule has 4 aliphatic carbocycles. The third kappa shape index (κ3) is 1.22. The van der Waals surface area contributed by atoms with Crippen LogP contribution in [0.4, 0.5) is 0 Å². The fraction of sp³-hybridized carbons (Fsp3) is 0.812. The zero-order valence-electron chi connectivity index (χ0n) is 11.2. The molecule has 3 saturated carbocycles. The predicted molar refractivity (Wildman–Crippen MR) is 68.6 cm³/mol. The average molecular weight is 246 g/mol. The standard InChI is InChI=1S/C16H22O2/c1-8-11(7-14(17)18-2)13-6-12(8)15-9-3-4-10(5-9)16(13)15/h3-4,8-13,15-16H,5-7H2,1-2H3. The van der Waals surface area contributed by atoms with Crippen LogP contribution in [0.1, 0.15) is 26.2 Å². The number of methoxy groups -OCH3 is 1. The van der Waals surface area contributed by atoms with E-state index in [1.807, 2.05) is 0 Å². The second-order valence-electron chi connectivity index (χ2n) is 6.97. The molecule has 0 aromatic heterocycles. The maximum Gasteiger partial charge on any atom is 0.305 e. The smallest absolute Gasteiger partial charge is 0.305 e. The van der Waals surface area contributed by atoms with Crippen LogP contribution < -0.4 is 0 Å². The van der Waals surface area contributed by atoms with Crippen molar-refractivity contribution in [2.75, 3.05) is 7.11 Å². The van der Waals surface area contributed by atoms with Gasteiger partial charge in [0.1, 0.15) is 0 Å². The first-order chi connectivity index (χ1) is 8.70. The number of hydrogen-bond acceptors (Lipinski definition) is 2. The molecular formula is C16H22O2. The SMILES string of the molecule is COC(=O)CC1C(C)C2CC1C1C3C=CC(C3)C21. The van der Waals surface area contributed by atoms with Crippen molar-refractivity contribution >= 4 is 5.97 Å². The number of fused-ring (bicyclic) bond motifs is 9. The van der Waals surface area contributed by atoms with E-state index in [1.165, 1.54) is 20.0 Å². The van der Waals surface area contributed by atoms with Gasteiger partial charge in [0.15, 0.2) is 0 Å². The molecule has 3 fully saturated rings. The van der Waals surface area contributed by atoms with Crippen molar-refractivity contribution in [3.05, 3.63) is 12.2 Å². The Bertz CT molecular complexity index is 413. The quantitative estimate of drug-likeness (QED) is 0.425. The van der Waals surface area contributed by atoms with Crippen molar-refractivity contribution in [1.29, 1.82) is 0 Å². The second kappa shape index (κ2) is 3.61. The lowest BCUT2D eigenvalue weighted by atomic mass is 9.64. The highest BCUT2D eigenvalue weighted by Gasteiger charge is 2.63. The summed E-state index contributed by atoms with van der Waals surface area (Å²) in [5.41, 5.74) is 0. The van der Waals surface area contributed by atoms with Gasteiger partial charge in [0, 0.05) is 6.42 Å². The molecule has 98 valence electrons. The third-order valence-corrected chi connectivity index (χ3v) is 6.65. The summed E-state index contributed by atoms with van der Waals surface area (Å²) < 4.78 is 4.89.